The number of hydrogen-bond acceptors (Lipinski definition) is 1. The normalized spacial score (nSPS) is 9.71. The number of nitrogen functional groups attached to an aromatic ring is 1. The zero-order chi connectivity index (χ0) is 12.1. The fraction of sp³-hybridized carbons (Fsp3) is 0.0667. The zero-order valence-corrected chi connectivity index (χ0v) is 9.85. The van der Waals surface area contributed by atoms with Crippen molar-refractivity contribution in [2.45, 2.75) is 6.92 Å². The van der Waals surface area contributed by atoms with Gasteiger partial charge in [-0.1, -0.05) is 35.9 Å². The van der Waals surface area contributed by atoms with Crippen molar-refractivity contribution in [2.24, 2.45) is 0 Å². The Hall–Kier alpha value is -2.22. The van der Waals surface area contributed by atoms with Gasteiger partial charge in [0.1, 0.15) is 0 Å². The Bertz CT molecular complexity index is 528. The van der Waals surface area contributed by atoms with Crippen molar-refractivity contribution in [1.29, 1.82) is 0 Å². The van der Waals surface area contributed by atoms with E-state index in [1.54, 1.807) is 0 Å². The van der Waals surface area contributed by atoms with E-state index >= 15 is 0 Å². The van der Waals surface area contributed by atoms with Crippen LogP contribution in [0.3, 0.4) is 0 Å². The van der Waals surface area contributed by atoms with E-state index in [-0.39, 0.29) is 0 Å². The summed E-state index contributed by atoms with van der Waals surface area (Å²) < 4.78 is 0. The Morgan fingerprint density at radius 2 is 1.59 bits per heavy atom. The molecule has 0 saturated heterocycles. The lowest BCUT2D eigenvalue weighted by Gasteiger charge is -1.90. The van der Waals surface area contributed by atoms with Gasteiger partial charge in [-0.2, -0.15) is 0 Å². The first-order chi connectivity index (χ1) is 8.25. The third-order valence-corrected chi connectivity index (χ3v) is 2.54. The zero-order valence-electron chi connectivity index (χ0n) is 9.85. The summed E-state index contributed by atoms with van der Waals surface area (Å²) in [6, 6.07) is 18.1. The highest BCUT2D eigenvalue weighted by molar-refractivity contribution is 5.78. The highest BCUT2D eigenvalue weighted by atomic mass is 14.7. The number of aryl methyl sites for hydroxylation is 1. The Morgan fingerprint density at radius 3 is 2.24 bits per heavy atom. The molecule has 0 spiro atoms. The van der Waals surface area contributed by atoms with Crippen molar-refractivity contribution in [3.63, 3.8) is 0 Å². The molecule has 1 heterocycles. The van der Waals surface area contributed by atoms with Gasteiger partial charge in [-0.05, 0) is 36.6 Å². The molecule has 2 aromatic carbocycles. The van der Waals surface area contributed by atoms with E-state index in [4.69, 9.17) is 5.73 Å². The Labute approximate surface area is 101 Å². The van der Waals surface area contributed by atoms with Crippen LogP contribution in [0.15, 0.2) is 60.8 Å². The number of hydrogen-bond donors (Lipinski definition) is 2. The topological polar surface area (TPSA) is 41.8 Å². The molecule has 86 valence electrons. The fourth-order valence-electron chi connectivity index (χ4n) is 1.56. The third kappa shape index (κ3) is 3.11. The van der Waals surface area contributed by atoms with Gasteiger partial charge in [0.05, 0.1) is 0 Å². The monoisotopic (exact) mass is 224 g/mol. The molecule has 3 aromatic rings. The van der Waals surface area contributed by atoms with Crippen LogP contribution in [0.25, 0.3) is 10.9 Å². The largest absolute Gasteiger partial charge is 0.399 e. The Balaban J connectivity index is 0.000000128. The highest BCUT2D eigenvalue weighted by Gasteiger charge is 1.86. The first kappa shape index (κ1) is 11.3. The molecule has 0 bridgehead atoms. The molecule has 3 N–H and O–H groups in total. The summed E-state index contributed by atoms with van der Waals surface area (Å²) in [5, 5.41) is 1.28. The highest BCUT2D eigenvalue weighted by Crippen LogP contribution is 2.09. The van der Waals surface area contributed by atoms with Crippen molar-refractivity contribution >= 4 is 16.6 Å². The van der Waals surface area contributed by atoms with E-state index in [9.17, 15) is 0 Å². The maximum absolute atomic E-state index is 5.43. The SMILES string of the molecule is Cc1ccc(N)cc1.c1ccc2[nH]ccc2c1. The molecule has 2 heteroatoms. The summed E-state index contributed by atoms with van der Waals surface area (Å²) in [6.07, 6.45) is 1.95. The predicted octanol–water partition coefficient (Wildman–Crippen LogP) is 3.75. The number of H-pyrrole nitrogens is 1. The van der Waals surface area contributed by atoms with Crippen LogP contribution < -0.4 is 5.73 Å². The molecule has 0 unspecified atom stereocenters. The van der Waals surface area contributed by atoms with Crippen LogP contribution >= 0.6 is 0 Å². The van der Waals surface area contributed by atoms with E-state index in [1.807, 2.05) is 49.5 Å². The number of nitrogens with one attached hydrogen (secondary N) is 1. The second-order valence-corrected chi connectivity index (χ2v) is 3.98. The smallest absolute Gasteiger partial charge is 0.0453 e. The van der Waals surface area contributed by atoms with Gasteiger partial charge in [0.15, 0.2) is 0 Å². The first-order valence-electron chi connectivity index (χ1n) is 5.60. The molecule has 0 aliphatic heterocycles. The van der Waals surface area contributed by atoms with E-state index in [0.29, 0.717) is 0 Å². The molecule has 0 amide bonds. The van der Waals surface area contributed by atoms with Crippen molar-refractivity contribution in [3.05, 3.63) is 66.4 Å². The summed E-state index contributed by atoms with van der Waals surface area (Å²) in [4.78, 5) is 3.12. The number of benzene rings is 2. The number of para-hydroxylation sites is 1. The van der Waals surface area contributed by atoms with E-state index in [0.717, 1.165) is 5.69 Å². The van der Waals surface area contributed by atoms with Crippen molar-refractivity contribution in [2.75, 3.05) is 5.73 Å². The molecule has 0 atom stereocenters. The van der Waals surface area contributed by atoms with Crippen molar-refractivity contribution in [3.8, 4) is 0 Å². The summed E-state index contributed by atoms with van der Waals surface area (Å²) >= 11 is 0. The molecule has 0 radical (unpaired) electrons. The lowest BCUT2D eigenvalue weighted by molar-refractivity contribution is 1.47. The van der Waals surface area contributed by atoms with Gasteiger partial charge in [0.2, 0.25) is 0 Å². The third-order valence-electron chi connectivity index (χ3n) is 2.54. The van der Waals surface area contributed by atoms with Gasteiger partial charge in [-0.25, -0.2) is 0 Å². The Kier molecular flexibility index (Phi) is 3.46. The maximum atomic E-state index is 5.43. The first-order valence-corrected chi connectivity index (χ1v) is 5.60. The number of fused-ring (bicyclic) bond motifs is 1. The van der Waals surface area contributed by atoms with Gasteiger partial charge in [0.25, 0.3) is 0 Å². The number of rotatable bonds is 0. The molecule has 0 saturated carbocycles. The van der Waals surface area contributed by atoms with Gasteiger partial charge in [-0.15, -0.1) is 0 Å². The van der Waals surface area contributed by atoms with Crippen LogP contribution in [-0.4, -0.2) is 4.98 Å². The van der Waals surface area contributed by atoms with Gasteiger partial charge >= 0.3 is 0 Å². The molecule has 0 aliphatic carbocycles. The molecule has 1 aromatic heterocycles. The molecular formula is C15H16N2. The number of aromatic amines is 1. The maximum Gasteiger partial charge on any atom is 0.0453 e. The molecule has 3 rings (SSSR count). The summed E-state index contributed by atoms with van der Waals surface area (Å²) in [5.41, 5.74) is 8.71. The minimum absolute atomic E-state index is 0.829. The van der Waals surface area contributed by atoms with Crippen molar-refractivity contribution < 1.29 is 0 Å². The van der Waals surface area contributed by atoms with Crippen LogP contribution in [0.5, 0.6) is 0 Å². The number of aromatic nitrogens is 1. The average molecular weight is 224 g/mol. The van der Waals surface area contributed by atoms with Gasteiger partial charge in [0, 0.05) is 17.4 Å². The van der Waals surface area contributed by atoms with Gasteiger partial charge < -0.3 is 10.7 Å². The molecule has 2 nitrogen and oxygen atoms in total. The fourth-order valence-corrected chi connectivity index (χ4v) is 1.56. The quantitative estimate of drug-likeness (QED) is 0.561. The standard InChI is InChI=1S/C8H7N.C7H9N/c1-2-4-8-7(3-1)5-6-9-8;1-6-2-4-7(8)5-3-6/h1-6,9H;2-5H,8H2,1H3. The van der Waals surface area contributed by atoms with Crippen LogP contribution in [0.4, 0.5) is 5.69 Å². The number of anilines is 1. The van der Waals surface area contributed by atoms with Crippen LogP contribution in [0.1, 0.15) is 5.56 Å². The Morgan fingerprint density at radius 1 is 0.882 bits per heavy atom. The van der Waals surface area contributed by atoms with E-state index in [2.05, 4.69) is 23.2 Å². The van der Waals surface area contributed by atoms with E-state index < -0.39 is 0 Å². The molecule has 0 fully saturated rings. The summed E-state index contributed by atoms with van der Waals surface area (Å²) in [5.74, 6) is 0. The molecule has 17 heavy (non-hydrogen) atoms. The van der Waals surface area contributed by atoms with Crippen LogP contribution in [0.2, 0.25) is 0 Å². The van der Waals surface area contributed by atoms with Crippen molar-refractivity contribution in [1.82, 2.24) is 4.98 Å². The van der Waals surface area contributed by atoms with E-state index in [1.165, 1.54) is 16.5 Å². The summed E-state index contributed by atoms with van der Waals surface area (Å²) in [7, 11) is 0. The second-order valence-electron chi connectivity index (χ2n) is 3.98. The summed E-state index contributed by atoms with van der Waals surface area (Å²) in [6.45, 7) is 2.04. The minimum Gasteiger partial charge on any atom is -0.399 e. The lowest BCUT2D eigenvalue weighted by atomic mass is 10.2. The minimum atomic E-state index is 0.829. The van der Waals surface area contributed by atoms with Crippen LogP contribution in [0, 0.1) is 6.92 Å². The predicted molar refractivity (Wildman–Crippen MR) is 73.9 cm³/mol. The lowest BCUT2D eigenvalue weighted by Crippen LogP contribution is -1.81. The average Bonchev–Trinajstić information content (AvgIpc) is 2.82. The van der Waals surface area contributed by atoms with Gasteiger partial charge in [-0.3, -0.25) is 0 Å². The molecular weight excluding hydrogens is 208 g/mol. The second kappa shape index (κ2) is 5.21. The molecule has 0 aliphatic rings. The van der Waals surface area contributed by atoms with Crippen LogP contribution in [-0.2, 0) is 0 Å². The number of nitrogens with two attached hydrogens (primary N) is 1.